The number of hydrogen-bond donors (Lipinski definition) is 2. The van der Waals surface area contributed by atoms with Crippen molar-refractivity contribution < 1.29 is 9.53 Å². The molecular weight excluding hydrogens is 242 g/mol. The molecule has 19 heavy (non-hydrogen) atoms. The molecule has 0 aromatic heterocycles. The third kappa shape index (κ3) is 2.98. The highest BCUT2D eigenvalue weighted by Crippen LogP contribution is 2.24. The average Bonchev–Trinajstić information content (AvgIpc) is 2.39. The summed E-state index contributed by atoms with van der Waals surface area (Å²) in [4.78, 5) is 14.0. The quantitative estimate of drug-likeness (QED) is 0.795. The first-order chi connectivity index (χ1) is 9.15. The second-order valence-electron chi connectivity index (χ2n) is 4.76. The Hall–Kier alpha value is -1.75. The normalized spacial score (nSPS) is 20.1. The highest BCUT2D eigenvalue weighted by molar-refractivity contribution is 5.82. The van der Waals surface area contributed by atoms with Crippen LogP contribution in [0.1, 0.15) is 18.9 Å². The predicted octanol–water partition coefficient (Wildman–Crippen LogP) is 0.988. The Labute approximate surface area is 113 Å². The van der Waals surface area contributed by atoms with E-state index in [2.05, 4.69) is 10.2 Å². The van der Waals surface area contributed by atoms with Gasteiger partial charge in [0.05, 0.1) is 13.2 Å². The number of ether oxygens (including phenoxy) is 1. The van der Waals surface area contributed by atoms with E-state index in [0.29, 0.717) is 18.8 Å². The fraction of sp³-hybridized carbons (Fsp3) is 0.500. The van der Waals surface area contributed by atoms with E-state index in [9.17, 15) is 4.79 Å². The maximum Gasteiger partial charge on any atom is 0.237 e. The van der Waals surface area contributed by atoms with E-state index in [-0.39, 0.29) is 11.9 Å². The van der Waals surface area contributed by atoms with Gasteiger partial charge in [0.15, 0.2) is 0 Å². The van der Waals surface area contributed by atoms with Crippen LogP contribution in [0.5, 0.6) is 5.75 Å². The number of nitrogens with two attached hydrogens (primary N) is 1. The zero-order valence-corrected chi connectivity index (χ0v) is 11.5. The van der Waals surface area contributed by atoms with Crippen LogP contribution in [-0.2, 0) is 11.3 Å². The molecule has 104 valence electrons. The lowest BCUT2D eigenvalue weighted by Gasteiger charge is -2.34. The molecule has 0 saturated carbocycles. The number of amides is 1. The summed E-state index contributed by atoms with van der Waals surface area (Å²) in [6.07, 6.45) is 0.802. The standard InChI is InChI=1S/C14H21N3O2/c1-3-12-14(18)16-6-7-17(12)9-10-8-11(15)4-5-13(10)19-2/h4-5,8,12H,3,6-7,9,15H2,1-2H3,(H,16,18). The summed E-state index contributed by atoms with van der Waals surface area (Å²) in [7, 11) is 1.65. The summed E-state index contributed by atoms with van der Waals surface area (Å²) in [6, 6.07) is 5.54. The van der Waals surface area contributed by atoms with Gasteiger partial charge in [0.2, 0.25) is 5.91 Å². The zero-order chi connectivity index (χ0) is 13.8. The number of carbonyl (C=O) groups is 1. The fourth-order valence-electron chi connectivity index (χ4n) is 2.54. The number of nitrogens with zero attached hydrogens (tertiary/aromatic N) is 1. The average molecular weight is 263 g/mol. The van der Waals surface area contributed by atoms with Crippen molar-refractivity contribution in [2.75, 3.05) is 25.9 Å². The molecule has 1 aromatic carbocycles. The van der Waals surface area contributed by atoms with Crippen molar-refractivity contribution in [1.29, 1.82) is 0 Å². The minimum atomic E-state index is -0.0695. The summed E-state index contributed by atoms with van der Waals surface area (Å²) in [5, 5.41) is 2.90. The van der Waals surface area contributed by atoms with Gasteiger partial charge >= 0.3 is 0 Å². The van der Waals surface area contributed by atoms with E-state index in [1.807, 2.05) is 25.1 Å². The van der Waals surface area contributed by atoms with Crippen LogP contribution in [0, 0.1) is 0 Å². The molecule has 1 saturated heterocycles. The Morgan fingerprint density at radius 2 is 2.32 bits per heavy atom. The van der Waals surface area contributed by atoms with Crippen LogP contribution in [0.2, 0.25) is 0 Å². The highest BCUT2D eigenvalue weighted by Gasteiger charge is 2.28. The van der Waals surface area contributed by atoms with Crippen LogP contribution >= 0.6 is 0 Å². The van der Waals surface area contributed by atoms with Crippen LogP contribution < -0.4 is 15.8 Å². The molecule has 0 aliphatic carbocycles. The maximum absolute atomic E-state index is 11.8. The zero-order valence-electron chi connectivity index (χ0n) is 11.5. The SMILES string of the molecule is CCC1C(=O)NCCN1Cc1cc(N)ccc1OC. The number of hydrogen-bond acceptors (Lipinski definition) is 4. The lowest BCUT2D eigenvalue weighted by molar-refractivity contribution is -0.129. The lowest BCUT2D eigenvalue weighted by atomic mass is 10.1. The fourth-order valence-corrected chi connectivity index (χ4v) is 2.54. The van der Waals surface area contributed by atoms with E-state index in [0.717, 1.165) is 24.3 Å². The van der Waals surface area contributed by atoms with E-state index < -0.39 is 0 Å². The van der Waals surface area contributed by atoms with Gasteiger partial charge in [0.1, 0.15) is 5.75 Å². The van der Waals surface area contributed by atoms with Crippen LogP contribution in [0.25, 0.3) is 0 Å². The van der Waals surface area contributed by atoms with Crippen molar-refractivity contribution in [3.8, 4) is 5.75 Å². The number of rotatable bonds is 4. The van der Waals surface area contributed by atoms with Crippen molar-refractivity contribution in [3.63, 3.8) is 0 Å². The van der Waals surface area contributed by atoms with Crippen molar-refractivity contribution in [3.05, 3.63) is 23.8 Å². The first-order valence-electron chi connectivity index (χ1n) is 6.59. The second-order valence-corrected chi connectivity index (χ2v) is 4.76. The van der Waals surface area contributed by atoms with E-state index >= 15 is 0 Å². The number of nitrogens with one attached hydrogen (secondary N) is 1. The molecule has 5 nitrogen and oxygen atoms in total. The van der Waals surface area contributed by atoms with Gasteiger partial charge in [-0.25, -0.2) is 0 Å². The molecule has 1 heterocycles. The van der Waals surface area contributed by atoms with Crippen LogP contribution in [0.15, 0.2) is 18.2 Å². The number of methoxy groups -OCH3 is 1. The maximum atomic E-state index is 11.8. The van der Waals surface area contributed by atoms with Crippen LogP contribution in [-0.4, -0.2) is 37.0 Å². The Kier molecular flexibility index (Phi) is 4.27. The number of nitrogen functional groups attached to an aromatic ring is 1. The second kappa shape index (κ2) is 5.93. The molecule has 1 amide bonds. The number of carbonyl (C=O) groups excluding carboxylic acids is 1. The van der Waals surface area contributed by atoms with Gasteiger partial charge in [0.25, 0.3) is 0 Å². The number of anilines is 1. The summed E-state index contributed by atoms with van der Waals surface area (Å²) in [5.74, 6) is 0.923. The third-order valence-corrected chi connectivity index (χ3v) is 3.51. The molecule has 0 radical (unpaired) electrons. The van der Waals surface area contributed by atoms with Gasteiger partial charge in [-0.1, -0.05) is 6.92 Å². The Balaban J connectivity index is 2.19. The Morgan fingerprint density at radius 1 is 1.53 bits per heavy atom. The molecule has 1 aliphatic rings. The monoisotopic (exact) mass is 263 g/mol. The van der Waals surface area contributed by atoms with Crippen molar-refractivity contribution >= 4 is 11.6 Å². The molecule has 1 fully saturated rings. The van der Waals surface area contributed by atoms with Crippen LogP contribution in [0.4, 0.5) is 5.69 Å². The molecule has 1 atom stereocenters. The Morgan fingerprint density at radius 3 is 3.00 bits per heavy atom. The molecule has 5 heteroatoms. The summed E-state index contributed by atoms with van der Waals surface area (Å²) < 4.78 is 5.35. The van der Waals surface area contributed by atoms with Crippen molar-refractivity contribution in [2.45, 2.75) is 25.9 Å². The summed E-state index contributed by atoms with van der Waals surface area (Å²) in [6.45, 7) is 4.25. The van der Waals surface area contributed by atoms with Gasteiger partial charge in [-0.05, 0) is 24.6 Å². The topological polar surface area (TPSA) is 67.6 Å². The van der Waals surface area contributed by atoms with Gasteiger partial charge in [-0.15, -0.1) is 0 Å². The van der Waals surface area contributed by atoms with Crippen molar-refractivity contribution in [1.82, 2.24) is 10.2 Å². The molecule has 1 unspecified atom stereocenters. The molecule has 2 rings (SSSR count). The molecule has 0 bridgehead atoms. The Bertz CT molecular complexity index is 462. The first kappa shape index (κ1) is 13.7. The van der Waals surface area contributed by atoms with Gasteiger partial charge in [-0.2, -0.15) is 0 Å². The minimum Gasteiger partial charge on any atom is -0.496 e. The predicted molar refractivity (Wildman–Crippen MR) is 74.9 cm³/mol. The highest BCUT2D eigenvalue weighted by atomic mass is 16.5. The van der Waals surface area contributed by atoms with Gasteiger partial charge < -0.3 is 15.8 Å². The van der Waals surface area contributed by atoms with Gasteiger partial charge in [0, 0.05) is 30.9 Å². The number of benzene rings is 1. The van der Waals surface area contributed by atoms with E-state index in [1.165, 1.54) is 0 Å². The minimum absolute atomic E-state index is 0.0695. The van der Waals surface area contributed by atoms with E-state index in [1.54, 1.807) is 7.11 Å². The molecule has 3 N–H and O–H groups in total. The molecule has 1 aliphatic heterocycles. The lowest BCUT2D eigenvalue weighted by Crippen LogP contribution is -2.54. The number of piperazine rings is 1. The van der Waals surface area contributed by atoms with E-state index in [4.69, 9.17) is 10.5 Å². The molecule has 1 aromatic rings. The smallest absolute Gasteiger partial charge is 0.237 e. The largest absolute Gasteiger partial charge is 0.496 e. The van der Waals surface area contributed by atoms with Crippen molar-refractivity contribution in [2.24, 2.45) is 0 Å². The van der Waals surface area contributed by atoms with Gasteiger partial charge in [-0.3, -0.25) is 9.69 Å². The molecule has 0 spiro atoms. The van der Waals surface area contributed by atoms with Crippen LogP contribution in [0.3, 0.4) is 0 Å². The summed E-state index contributed by atoms with van der Waals surface area (Å²) >= 11 is 0. The first-order valence-corrected chi connectivity index (χ1v) is 6.59. The summed E-state index contributed by atoms with van der Waals surface area (Å²) in [5.41, 5.74) is 7.57. The molecular formula is C14H21N3O2. The third-order valence-electron chi connectivity index (χ3n) is 3.51.